The van der Waals surface area contributed by atoms with Crippen LogP contribution in [-0.4, -0.2) is 23.5 Å². The normalized spacial score (nSPS) is 23.1. The third-order valence-electron chi connectivity index (χ3n) is 3.25. The van der Waals surface area contributed by atoms with Crippen molar-refractivity contribution in [1.29, 1.82) is 0 Å². The lowest BCUT2D eigenvalue weighted by Crippen LogP contribution is -2.38. The molecule has 1 aliphatic carbocycles. The number of carbonyl (C=O) groups is 1. The lowest BCUT2D eigenvalue weighted by molar-refractivity contribution is 0.0938. The number of hydrogen-bond acceptors (Lipinski definition) is 2. The summed E-state index contributed by atoms with van der Waals surface area (Å²) in [6, 6.07) is 5.53. The summed E-state index contributed by atoms with van der Waals surface area (Å²) in [5, 5.41) is 4.29. The smallest absolute Gasteiger partial charge is 0.252 e. The molecule has 98 valence electrons. The summed E-state index contributed by atoms with van der Waals surface area (Å²) in [6.45, 7) is 0. The van der Waals surface area contributed by atoms with Gasteiger partial charge in [0.1, 0.15) is 0 Å². The fourth-order valence-corrected chi connectivity index (χ4v) is 4.09. The van der Waals surface area contributed by atoms with E-state index in [0.29, 0.717) is 15.8 Å². The maximum Gasteiger partial charge on any atom is 0.252 e. The molecule has 1 aromatic carbocycles. The van der Waals surface area contributed by atoms with E-state index in [4.69, 9.17) is 11.6 Å². The van der Waals surface area contributed by atoms with Crippen LogP contribution in [0.15, 0.2) is 22.7 Å². The highest BCUT2D eigenvalue weighted by Gasteiger charge is 2.28. The highest BCUT2D eigenvalue weighted by Crippen LogP contribution is 2.29. The molecule has 2 atom stereocenters. The predicted molar refractivity (Wildman–Crippen MR) is 81.6 cm³/mol. The number of hydrogen-bond donors (Lipinski definition) is 1. The van der Waals surface area contributed by atoms with Gasteiger partial charge < -0.3 is 5.32 Å². The van der Waals surface area contributed by atoms with Gasteiger partial charge in [-0.25, -0.2) is 0 Å². The summed E-state index contributed by atoms with van der Waals surface area (Å²) in [4.78, 5) is 12.2. The SMILES string of the molecule is CSC1CCCC1NC(=O)c1ccc(Cl)cc1Br. The van der Waals surface area contributed by atoms with Crippen LogP contribution in [0.1, 0.15) is 29.6 Å². The van der Waals surface area contributed by atoms with Crippen molar-refractivity contribution in [3.05, 3.63) is 33.3 Å². The highest BCUT2D eigenvalue weighted by molar-refractivity contribution is 9.10. The number of benzene rings is 1. The van der Waals surface area contributed by atoms with E-state index in [9.17, 15) is 4.79 Å². The molecule has 1 N–H and O–H groups in total. The molecule has 0 aromatic heterocycles. The summed E-state index contributed by atoms with van der Waals surface area (Å²) < 4.78 is 0.742. The summed E-state index contributed by atoms with van der Waals surface area (Å²) in [5.41, 5.74) is 0.645. The van der Waals surface area contributed by atoms with Gasteiger partial charge >= 0.3 is 0 Å². The maximum absolute atomic E-state index is 12.2. The first kappa shape index (κ1) is 14.2. The molecule has 1 saturated carbocycles. The van der Waals surface area contributed by atoms with Crippen LogP contribution in [0.25, 0.3) is 0 Å². The van der Waals surface area contributed by atoms with E-state index < -0.39 is 0 Å². The van der Waals surface area contributed by atoms with Gasteiger partial charge in [0.2, 0.25) is 0 Å². The van der Waals surface area contributed by atoms with E-state index in [0.717, 1.165) is 10.9 Å². The van der Waals surface area contributed by atoms with Crippen LogP contribution in [0.3, 0.4) is 0 Å². The van der Waals surface area contributed by atoms with Crippen molar-refractivity contribution in [2.45, 2.75) is 30.6 Å². The third kappa shape index (κ3) is 3.22. The molecule has 0 bridgehead atoms. The Morgan fingerprint density at radius 1 is 1.50 bits per heavy atom. The van der Waals surface area contributed by atoms with Gasteiger partial charge in [-0.05, 0) is 53.2 Å². The van der Waals surface area contributed by atoms with Gasteiger partial charge in [0.25, 0.3) is 5.91 Å². The molecule has 1 fully saturated rings. The molecule has 5 heteroatoms. The Morgan fingerprint density at radius 2 is 2.28 bits per heavy atom. The molecule has 1 aliphatic rings. The van der Waals surface area contributed by atoms with Crippen molar-refractivity contribution in [2.75, 3.05) is 6.26 Å². The Balaban J connectivity index is 2.07. The van der Waals surface area contributed by atoms with Crippen molar-refractivity contribution in [3.63, 3.8) is 0 Å². The standard InChI is InChI=1S/C13H15BrClNOS/c1-18-12-4-2-3-11(12)16-13(17)9-6-5-8(15)7-10(9)14/h5-7,11-12H,2-4H2,1H3,(H,16,17). The van der Waals surface area contributed by atoms with Crippen LogP contribution < -0.4 is 5.32 Å². The van der Waals surface area contributed by atoms with Gasteiger partial charge in [0, 0.05) is 20.8 Å². The predicted octanol–water partition coefficient (Wildman–Crippen LogP) is 4.12. The molecule has 1 aromatic rings. The summed E-state index contributed by atoms with van der Waals surface area (Å²) in [6.07, 6.45) is 5.56. The number of rotatable bonds is 3. The molecule has 0 saturated heterocycles. The van der Waals surface area contributed by atoms with Gasteiger partial charge in [0.15, 0.2) is 0 Å². The molecule has 2 unspecified atom stereocenters. The van der Waals surface area contributed by atoms with Gasteiger partial charge in [-0.3, -0.25) is 4.79 Å². The van der Waals surface area contributed by atoms with E-state index in [1.807, 2.05) is 11.8 Å². The monoisotopic (exact) mass is 347 g/mol. The zero-order chi connectivity index (χ0) is 13.1. The topological polar surface area (TPSA) is 29.1 Å². The van der Waals surface area contributed by atoms with E-state index in [-0.39, 0.29) is 11.9 Å². The lowest BCUT2D eigenvalue weighted by atomic mass is 10.2. The Morgan fingerprint density at radius 3 is 2.94 bits per heavy atom. The second-order valence-electron chi connectivity index (χ2n) is 4.41. The van der Waals surface area contributed by atoms with E-state index in [1.54, 1.807) is 18.2 Å². The van der Waals surface area contributed by atoms with Crippen molar-refractivity contribution in [3.8, 4) is 0 Å². The molecule has 0 heterocycles. The van der Waals surface area contributed by atoms with Gasteiger partial charge in [0.05, 0.1) is 5.56 Å². The summed E-state index contributed by atoms with van der Waals surface area (Å²) >= 11 is 11.1. The molecule has 2 rings (SSSR count). The Kier molecular flexibility index (Phi) is 4.98. The first-order chi connectivity index (χ1) is 8.61. The average Bonchev–Trinajstić information content (AvgIpc) is 2.76. The minimum absolute atomic E-state index is 0.0236. The number of halogens is 2. The van der Waals surface area contributed by atoms with Gasteiger partial charge in [-0.2, -0.15) is 11.8 Å². The molecule has 0 radical (unpaired) electrons. The minimum Gasteiger partial charge on any atom is -0.348 e. The van der Waals surface area contributed by atoms with Gasteiger partial charge in [-0.15, -0.1) is 0 Å². The zero-order valence-electron chi connectivity index (χ0n) is 10.1. The second-order valence-corrected chi connectivity index (χ2v) is 6.78. The zero-order valence-corrected chi connectivity index (χ0v) is 13.2. The lowest BCUT2D eigenvalue weighted by Gasteiger charge is -2.19. The van der Waals surface area contributed by atoms with E-state index in [1.165, 1.54) is 12.8 Å². The van der Waals surface area contributed by atoms with Crippen LogP contribution in [0.2, 0.25) is 5.02 Å². The molecule has 0 aliphatic heterocycles. The average molecular weight is 349 g/mol. The van der Waals surface area contributed by atoms with E-state index in [2.05, 4.69) is 27.5 Å². The molecular formula is C13H15BrClNOS. The van der Waals surface area contributed by atoms with Crippen LogP contribution in [0.4, 0.5) is 0 Å². The van der Waals surface area contributed by atoms with Crippen molar-refractivity contribution in [1.82, 2.24) is 5.32 Å². The van der Waals surface area contributed by atoms with Crippen LogP contribution in [0, 0.1) is 0 Å². The first-order valence-corrected chi connectivity index (χ1v) is 8.36. The highest BCUT2D eigenvalue weighted by atomic mass is 79.9. The minimum atomic E-state index is -0.0236. The Hall–Kier alpha value is -0.190. The van der Waals surface area contributed by atoms with Crippen LogP contribution in [0.5, 0.6) is 0 Å². The van der Waals surface area contributed by atoms with Crippen molar-refractivity contribution < 1.29 is 4.79 Å². The summed E-state index contributed by atoms with van der Waals surface area (Å²) in [7, 11) is 0. The van der Waals surface area contributed by atoms with Crippen molar-refractivity contribution in [2.24, 2.45) is 0 Å². The van der Waals surface area contributed by atoms with Crippen LogP contribution >= 0.6 is 39.3 Å². The number of amides is 1. The molecule has 1 amide bonds. The quantitative estimate of drug-likeness (QED) is 0.890. The second kappa shape index (κ2) is 6.31. The largest absolute Gasteiger partial charge is 0.348 e. The van der Waals surface area contributed by atoms with Crippen molar-refractivity contribution >= 4 is 45.2 Å². The molecular weight excluding hydrogens is 334 g/mol. The van der Waals surface area contributed by atoms with E-state index >= 15 is 0 Å². The fourth-order valence-electron chi connectivity index (χ4n) is 2.29. The summed E-state index contributed by atoms with van der Waals surface area (Å²) in [5.74, 6) is -0.0236. The molecule has 18 heavy (non-hydrogen) atoms. The number of carbonyl (C=O) groups excluding carboxylic acids is 1. The molecule has 2 nitrogen and oxygen atoms in total. The Bertz CT molecular complexity index is 455. The molecule has 0 spiro atoms. The van der Waals surface area contributed by atoms with Crippen LogP contribution in [-0.2, 0) is 0 Å². The number of thioether (sulfide) groups is 1. The fraction of sp³-hybridized carbons (Fsp3) is 0.462. The third-order valence-corrected chi connectivity index (χ3v) is 5.31. The maximum atomic E-state index is 12.2. The first-order valence-electron chi connectivity index (χ1n) is 5.90. The van der Waals surface area contributed by atoms with Gasteiger partial charge in [-0.1, -0.05) is 18.0 Å². The number of nitrogens with one attached hydrogen (secondary N) is 1. The Labute approximate surface area is 125 Å².